The number of hydrogen-bond acceptors (Lipinski definition) is 4. The van der Waals surface area contributed by atoms with Crippen LogP contribution in [-0.2, 0) is 12.1 Å². The van der Waals surface area contributed by atoms with Gasteiger partial charge in [-0.2, -0.15) is 5.10 Å². The van der Waals surface area contributed by atoms with Gasteiger partial charge in [0.05, 0.1) is 24.4 Å². The third-order valence-corrected chi connectivity index (χ3v) is 4.19. The van der Waals surface area contributed by atoms with Gasteiger partial charge in [-0.3, -0.25) is 4.68 Å². The van der Waals surface area contributed by atoms with Gasteiger partial charge in [0.2, 0.25) is 0 Å². The Morgan fingerprint density at radius 2 is 2.04 bits per heavy atom. The van der Waals surface area contributed by atoms with E-state index in [-0.39, 0.29) is 11.6 Å². The van der Waals surface area contributed by atoms with Gasteiger partial charge in [0, 0.05) is 30.4 Å². The summed E-state index contributed by atoms with van der Waals surface area (Å²) in [7, 11) is 3.75. The SMILES string of the molecule is COc1cccc(-c2nn(C(C)(C)C)cc2CN(C)CCC(C)O)c1. The molecule has 0 aliphatic heterocycles. The average molecular weight is 345 g/mol. The molecule has 138 valence electrons. The summed E-state index contributed by atoms with van der Waals surface area (Å²) in [5, 5.41) is 14.4. The van der Waals surface area contributed by atoms with E-state index in [1.54, 1.807) is 7.11 Å². The van der Waals surface area contributed by atoms with Crippen LogP contribution in [0.25, 0.3) is 11.3 Å². The van der Waals surface area contributed by atoms with Crippen molar-refractivity contribution in [3.63, 3.8) is 0 Å². The van der Waals surface area contributed by atoms with E-state index < -0.39 is 0 Å². The molecular weight excluding hydrogens is 314 g/mol. The number of nitrogens with zero attached hydrogens (tertiary/aromatic N) is 3. The molecule has 1 aromatic heterocycles. The molecule has 1 unspecified atom stereocenters. The number of hydrogen-bond donors (Lipinski definition) is 1. The molecular formula is C20H31N3O2. The van der Waals surface area contributed by atoms with Gasteiger partial charge in [-0.15, -0.1) is 0 Å². The van der Waals surface area contributed by atoms with E-state index >= 15 is 0 Å². The Labute approximate surface area is 151 Å². The highest BCUT2D eigenvalue weighted by Crippen LogP contribution is 2.28. The molecule has 0 aliphatic rings. The highest BCUT2D eigenvalue weighted by molar-refractivity contribution is 5.64. The van der Waals surface area contributed by atoms with Gasteiger partial charge in [0.25, 0.3) is 0 Å². The van der Waals surface area contributed by atoms with Crippen molar-refractivity contribution in [3.8, 4) is 17.0 Å². The molecule has 1 N–H and O–H groups in total. The molecule has 0 amide bonds. The second-order valence-corrected chi connectivity index (χ2v) is 7.73. The zero-order chi connectivity index (χ0) is 18.6. The summed E-state index contributed by atoms with van der Waals surface area (Å²) in [5.41, 5.74) is 3.14. The average Bonchev–Trinajstić information content (AvgIpc) is 2.97. The minimum Gasteiger partial charge on any atom is -0.497 e. The molecule has 0 saturated carbocycles. The summed E-state index contributed by atoms with van der Waals surface area (Å²) >= 11 is 0. The molecule has 25 heavy (non-hydrogen) atoms. The van der Waals surface area contributed by atoms with Crippen LogP contribution in [0.15, 0.2) is 30.5 Å². The fourth-order valence-electron chi connectivity index (χ4n) is 2.66. The van der Waals surface area contributed by atoms with Gasteiger partial charge in [0.15, 0.2) is 0 Å². The number of benzene rings is 1. The lowest BCUT2D eigenvalue weighted by Crippen LogP contribution is -2.23. The van der Waals surface area contributed by atoms with Crippen LogP contribution >= 0.6 is 0 Å². The van der Waals surface area contributed by atoms with Crippen LogP contribution < -0.4 is 4.74 Å². The lowest BCUT2D eigenvalue weighted by Gasteiger charge is -2.19. The molecule has 1 heterocycles. The van der Waals surface area contributed by atoms with E-state index in [9.17, 15) is 5.11 Å². The number of aliphatic hydroxyl groups is 1. The minimum absolute atomic E-state index is 0.0793. The van der Waals surface area contributed by atoms with Crippen molar-refractivity contribution in [1.82, 2.24) is 14.7 Å². The zero-order valence-electron chi connectivity index (χ0n) is 16.3. The van der Waals surface area contributed by atoms with E-state index in [1.807, 2.05) is 29.8 Å². The Balaban J connectivity index is 2.34. The van der Waals surface area contributed by atoms with Gasteiger partial charge < -0.3 is 14.7 Å². The Morgan fingerprint density at radius 1 is 1.32 bits per heavy atom. The Kier molecular flexibility index (Phi) is 6.25. The van der Waals surface area contributed by atoms with Crippen LogP contribution in [-0.4, -0.2) is 46.6 Å². The predicted molar refractivity (Wildman–Crippen MR) is 102 cm³/mol. The largest absolute Gasteiger partial charge is 0.497 e. The Morgan fingerprint density at radius 3 is 2.64 bits per heavy atom. The van der Waals surface area contributed by atoms with E-state index in [0.717, 1.165) is 36.5 Å². The summed E-state index contributed by atoms with van der Waals surface area (Å²) < 4.78 is 7.39. The lowest BCUT2D eigenvalue weighted by molar-refractivity contribution is 0.163. The van der Waals surface area contributed by atoms with E-state index in [1.165, 1.54) is 5.56 Å². The first-order valence-electron chi connectivity index (χ1n) is 8.80. The first kappa shape index (κ1) is 19.5. The van der Waals surface area contributed by atoms with Crippen LogP contribution in [0.3, 0.4) is 0 Å². The maximum Gasteiger partial charge on any atom is 0.119 e. The smallest absolute Gasteiger partial charge is 0.119 e. The van der Waals surface area contributed by atoms with Crippen molar-refractivity contribution in [3.05, 3.63) is 36.0 Å². The van der Waals surface area contributed by atoms with Crippen molar-refractivity contribution in [2.45, 2.75) is 52.3 Å². The number of methoxy groups -OCH3 is 1. The molecule has 1 aromatic carbocycles. The maximum atomic E-state index is 9.51. The highest BCUT2D eigenvalue weighted by atomic mass is 16.5. The molecule has 0 saturated heterocycles. The number of ether oxygens (including phenoxy) is 1. The van der Waals surface area contributed by atoms with Gasteiger partial charge >= 0.3 is 0 Å². The molecule has 0 bridgehead atoms. The van der Waals surface area contributed by atoms with Gasteiger partial charge in [-0.25, -0.2) is 0 Å². The quantitative estimate of drug-likeness (QED) is 0.834. The van der Waals surface area contributed by atoms with E-state index in [0.29, 0.717) is 0 Å². The van der Waals surface area contributed by atoms with Crippen molar-refractivity contribution in [1.29, 1.82) is 0 Å². The van der Waals surface area contributed by atoms with Gasteiger partial charge in [-0.1, -0.05) is 12.1 Å². The van der Waals surface area contributed by atoms with Crippen LogP contribution in [0.4, 0.5) is 0 Å². The van der Waals surface area contributed by atoms with Crippen molar-refractivity contribution in [2.75, 3.05) is 20.7 Å². The fraction of sp³-hybridized carbons (Fsp3) is 0.550. The van der Waals surface area contributed by atoms with Gasteiger partial charge in [-0.05, 0) is 53.3 Å². The van der Waals surface area contributed by atoms with Crippen LogP contribution in [0, 0.1) is 0 Å². The topological polar surface area (TPSA) is 50.5 Å². The molecule has 5 heteroatoms. The summed E-state index contributed by atoms with van der Waals surface area (Å²) in [4.78, 5) is 2.22. The molecule has 1 atom stereocenters. The van der Waals surface area contributed by atoms with Crippen molar-refractivity contribution < 1.29 is 9.84 Å². The molecule has 2 aromatic rings. The summed E-state index contributed by atoms with van der Waals surface area (Å²) in [6.07, 6.45) is 2.61. The van der Waals surface area contributed by atoms with Crippen LogP contribution in [0.5, 0.6) is 5.75 Å². The number of rotatable bonds is 7. The molecule has 0 aliphatic carbocycles. The monoisotopic (exact) mass is 345 g/mol. The van der Waals surface area contributed by atoms with E-state index in [4.69, 9.17) is 9.84 Å². The zero-order valence-corrected chi connectivity index (χ0v) is 16.3. The standard InChI is InChI=1S/C20H31N3O2/c1-15(24)10-11-22(5)13-17-14-23(20(2,3)4)21-19(17)16-8-7-9-18(12-16)25-6/h7-9,12,14-15,24H,10-11,13H2,1-6H3. The number of aliphatic hydroxyl groups excluding tert-OH is 1. The third-order valence-electron chi connectivity index (χ3n) is 4.19. The highest BCUT2D eigenvalue weighted by Gasteiger charge is 2.20. The Bertz CT molecular complexity index is 686. The minimum atomic E-state index is -0.280. The molecule has 2 rings (SSSR count). The van der Waals surface area contributed by atoms with Gasteiger partial charge in [0.1, 0.15) is 5.75 Å². The molecule has 0 fully saturated rings. The fourth-order valence-corrected chi connectivity index (χ4v) is 2.66. The maximum absolute atomic E-state index is 9.51. The second kappa shape index (κ2) is 8.02. The first-order valence-corrected chi connectivity index (χ1v) is 8.80. The van der Waals surface area contributed by atoms with Crippen LogP contribution in [0.1, 0.15) is 39.7 Å². The molecule has 5 nitrogen and oxygen atoms in total. The van der Waals surface area contributed by atoms with Crippen molar-refractivity contribution in [2.24, 2.45) is 0 Å². The first-order chi connectivity index (χ1) is 11.7. The summed E-state index contributed by atoms with van der Waals surface area (Å²) in [6.45, 7) is 9.90. The second-order valence-electron chi connectivity index (χ2n) is 7.73. The lowest BCUT2D eigenvalue weighted by atomic mass is 10.1. The predicted octanol–water partition coefficient (Wildman–Crippen LogP) is 3.52. The normalized spacial score (nSPS) is 13.3. The molecule has 0 radical (unpaired) electrons. The Hall–Kier alpha value is -1.85. The summed E-state index contributed by atoms with van der Waals surface area (Å²) in [5.74, 6) is 0.830. The summed E-state index contributed by atoms with van der Waals surface area (Å²) in [6, 6.07) is 8.02. The number of aromatic nitrogens is 2. The van der Waals surface area contributed by atoms with Crippen LogP contribution in [0.2, 0.25) is 0 Å². The van der Waals surface area contributed by atoms with Crippen molar-refractivity contribution >= 4 is 0 Å². The van der Waals surface area contributed by atoms with E-state index in [2.05, 4.69) is 45.0 Å². The molecule has 0 spiro atoms. The third kappa shape index (κ3) is 5.31.